The van der Waals surface area contributed by atoms with E-state index in [4.69, 9.17) is 10.4 Å². The zero-order chi connectivity index (χ0) is 12.3. The van der Waals surface area contributed by atoms with Crippen molar-refractivity contribution in [1.82, 2.24) is 9.97 Å². The third-order valence-corrected chi connectivity index (χ3v) is 3.66. The van der Waals surface area contributed by atoms with E-state index >= 15 is 0 Å². The van der Waals surface area contributed by atoms with Gasteiger partial charge in [-0.15, -0.1) is 11.3 Å². The number of aromatic nitrogens is 2. The van der Waals surface area contributed by atoms with Gasteiger partial charge in [-0.25, -0.2) is 14.8 Å². The molecule has 5 nitrogen and oxygen atoms in total. The number of carbonyl (C=O) groups is 1. The summed E-state index contributed by atoms with van der Waals surface area (Å²) < 4.78 is 0. The molecule has 0 aromatic carbocycles. The van der Waals surface area contributed by atoms with E-state index in [1.165, 1.54) is 24.0 Å². The Balaban J connectivity index is 2.19. The Bertz CT molecular complexity index is 604. The molecule has 1 N–H and O–H groups in total. The third kappa shape index (κ3) is 2.81. The molecular formula is C10H5N3O2S2. The predicted octanol–water partition coefficient (Wildman–Crippen LogP) is 2.26. The van der Waals surface area contributed by atoms with Gasteiger partial charge in [0.1, 0.15) is 16.6 Å². The summed E-state index contributed by atoms with van der Waals surface area (Å²) in [7, 11) is 0. The molecule has 2 heterocycles. The fraction of sp³-hybridized carbons (Fsp3) is 0. The summed E-state index contributed by atoms with van der Waals surface area (Å²) in [6.07, 6.45) is 1.50. The second-order valence-electron chi connectivity index (χ2n) is 2.89. The molecular weight excluding hydrogens is 258 g/mol. The van der Waals surface area contributed by atoms with Crippen LogP contribution in [-0.2, 0) is 0 Å². The molecule has 0 amide bonds. The van der Waals surface area contributed by atoms with Gasteiger partial charge >= 0.3 is 5.97 Å². The van der Waals surface area contributed by atoms with Crippen LogP contribution in [0.2, 0.25) is 0 Å². The molecule has 0 radical (unpaired) electrons. The molecule has 7 heteroatoms. The lowest BCUT2D eigenvalue weighted by Gasteiger charge is -1.95. The topological polar surface area (TPSA) is 86.9 Å². The van der Waals surface area contributed by atoms with Crippen molar-refractivity contribution in [2.24, 2.45) is 0 Å². The summed E-state index contributed by atoms with van der Waals surface area (Å²) in [5.41, 5.74) is 0.288. The van der Waals surface area contributed by atoms with E-state index in [1.54, 1.807) is 11.4 Å². The minimum absolute atomic E-state index is 0.268. The first-order chi connectivity index (χ1) is 8.19. The second-order valence-corrected chi connectivity index (χ2v) is 4.84. The Morgan fingerprint density at radius 2 is 2.41 bits per heavy atom. The lowest BCUT2D eigenvalue weighted by atomic mass is 10.5. The molecule has 2 rings (SSSR count). The Morgan fingerprint density at radius 3 is 3.06 bits per heavy atom. The summed E-state index contributed by atoms with van der Waals surface area (Å²) in [4.78, 5) is 19.7. The van der Waals surface area contributed by atoms with Crippen LogP contribution in [0, 0.1) is 11.3 Å². The van der Waals surface area contributed by atoms with Crippen molar-refractivity contribution in [3.63, 3.8) is 0 Å². The van der Waals surface area contributed by atoms with E-state index in [1.807, 2.05) is 6.07 Å². The Kier molecular flexibility index (Phi) is 3.37. The normalized spacial score (nSPS) is 9.82. The fourth-order valence-corrected chi connectivity index (χ4v) is 2.71. The van der Waals surface area contributed by atoms with E-state index in [-0.39, 0.29) is 10.6 Å². The lowest BCUT2D eigenvalue weighted by Crippen LogP contribution is -1.90. The van der Waals surface area contributed by atoms with E-state index in [9.17, 15) is 4.79 Å². The van der Waals surface area contributed by atoms with Crippen LogP contribution in [0.1, 0.15) is 15.4 Å². The van der Waals surface area contributed by atoms with Crippen molar-refractivity contribution >= 4 is 29.1 Å². The highest BCUT2D eigenvalue weighted by Gasteiger charge is 2.09. The van der Waals surface area contributed by atoms with Gasteiger partial charge in [-0.1, -0.05) is 0 Å². The van der Waals surface area contributed by atoms with Crippen molar-refractivity contribution in [3.8, 4) is 6.07 Å². The van der Waals surface area contributed by atoms with Crippen LogP contribution in [0.25, 0.3) is 0 Å². The quantitative estimate of drug-likeness (QED) is 0.855. The molecule has 0 fully saturated rings. The van der Waals surface area contributed by atoms with Crippen LogP contribution in [0.5, 0.6) is 0 Å². The Labute approximate surface area is 105 Å². The number of hydrogen-bond donors (Lipinski definition) is 1. The number of rotatable bonds is 3. The van der Waals surface area contributed by atoms with Crippen LogP contribution in [0.15, 0.2) is 33.8 Å². The summed E-state index contributed by atoms with van der Waals surface area (Å²) in [5.74, 6) is -0.950. The van der Waals surface area contributed by atoms with Gasteiger partial charge in [0.25, 0.3) is 0 Å². The van der Waals surface area contributed by atoms with Crippen LogP contribution in [0.4, 0.5) is 0 Å². The summed E-state index contributed by atoms with van der Waals surface area (Å²) in [5, 5.41) is 19.6. The molecule has 0 saturated heterocycles. The molecule has 0 saturated carbocycles. The average Bonchev–Trinajstić information content (AvgIpc) is 2.78. The van der Waals surface area contributed by atoms with Gasteiger partial charge in [-0.2, -0.15) is 5.26 Å². The third-order valence-electron chi connectivity index (χ3n) is 1.74. The number of hydrogen-bond acceptors (Lipinski definition) is 6. The maximum atomic E-state index is 10.7. The number of aromatic carboxylic acids is 1. The minimum atomic E-state index is -0.950. The molecule has 0 aliphatic rings. The molecule has 0 bridgehead atoms. The van der Waals surface area contributed by atoms with E-state index in [0.717, 1.165) is 16.2 Å². The van der Waals surface area contributed by atoms with Crippen molar-refractivity contribution in [3.05, 3.63) is 34.3 Å². The van der Waals surface area contributed by atoms with Gasteiger partial charge in [0.05, 0.1) is 0 Å². The number of thiophene rings is 1. The van der Waals surface area contributed by atoms with Crippen LogP contribution >= 0.6 is 23.1 Å². The van der Waals surface area contributed by atoms with Crippen molar-refractivity contribution < 1.29 is 9.90 Å². The zero-order valence-electron chi connectivity index (χ0n) is 8.32. The molecule has 2 aromatic heterocycles. The minimum Gasteiger partial charge on any atom is -0.477 e. The molecule has 84 valence electrons. The summed E-state index contributed by atoms with van der Waals surface area (Å²) in [6.45, 7) is 0. The first-order valence-electron chi connectivity index (χ1n) is 4.42. The first-order valence-corrected chi connectivity index (χ1v) is 6.11. The van der Waals surface area contributed by atoms with E-state index in [0.29, 0.717) is 5.16 Å². The highest BCUT2D eigenvalue weighted by molar-refractivity contribution is 7.99. The van der Waals surface area contributed by atoms with E-state index in [2.05, 4.69) is 9.97 Å². The van der Waals surface area contributed by atoms with Crippen LogP contribution < -0.4 is 0 Å². The zero-order valence-corrected chi connectivity index (χ0v) is 9.96. The maximum Gasteiger partial charge on any atom is 0.345 e. The van der Waals surface area contributed by atoms with Gasteiger partial charge in [-0.3, -0.25) is 0 Å². The van der Waals surface area contributed by atoms with Gasteiger partial charge in [0, 0.05) is 16.5 Å². The summed E-state index contributed by atoms with van der Waals surface area (Å²) >= 11 is 2.38. The number of nitriles is 1. The van der Waals surface area contributed by atoms with E-state index < -0.39 is 5.97 Å². The predicted molar refractivity (Wildman–Crippen MR) is 62.1 cm³/mol. The van der Waals surface area contributed by atoms with Crippen LogP contribution in [-0.4, -0.2) is 21.0 Å². The molecule has 2 aromatic rings. The Morgan fingerprint density at radius 1 is 1.59 bits per heavy atom. The maximum absolute atomic E-state index is 10.7. The molecule has 0 aliphatic heterocycles. The molecule has 0 unspecified atom stereocenters. The van der Waals surface area contributed by atoms with Gasteiger partial charge in [0.2, 0.25) is 0 Å². The number of carboxylic acid groups (broad SMARTS) is 1. The van der Waals surface area contributed by atoms with Gasteiger partial charge in [-0.05, 0) is 23.9 Å². The van der Waals surface area contributed by atoms with Crippen molar-refractivity contribution in [1.29, 1.82) is 5.26 Å². The SMILES string of the molecule is N#Cc1ccnc(Sc2csc(C(=O)O)c2)n1. The standard InChI is InChI=1S/C10H5N3O2S2/c11-4-6-1-2-12-10(13-6)17-7-3-8(9(14)15)16-5-7/h1-3,5H,(H,14,15). The largest absolute Gasteiger partial charge is 0.477 e. The average molecular weight is 263 g/mol. The second kappa shape index (κ2) is 4.95. The smallest absolute Gasteiger partial charge is 0.345 e. The van der Waals surface area contributed by atoms with Crippen molar-refractivity contribution in [2.75, 3.05) is 0 Å². The molecule has 0 spiro atoms. The molecule has 0 atom stereocenters. The monoisotopic (exact) mass is 263 g/mol. The fourth-order valence-electron chi connectivity index (χ4n) is 1.04. The Hall–Kier alpha value is -1.91. The molecule has 17 heavy (non-hydrogen) atoms. The number of nitrogens with zero attached hydrogens (tertiary/aromatic N) is 3. The first kappa shape index (κ1) is 11.6. The summed E-state index contributed by atoms with van der Waals surface area (Å²) in [6, 6.07) is 4.99. The van der Waals surface area contributed by atoms with Crippen molar-refractivity contribution in [2.45, 2.75) is 10.1 Å². The highest BCUT2D eigenvalue weighted by Crippen LogP contribution is 2.29. The lowest BCUT2D eigenvalue weighted by molar-refractivity contribution is 0.0702. The van der Waals surface area contributed by atoms with Gasteiger partial charge < -0.3 is 5.11 Å². The highest BCUT2D eigenvalue weighted by atomic mass is 32.2. The van der Waals surface area contributed by atoms with Gasteiger partial charge in [0.15, 0.2) is 5.16 Å². The number of carboxylic acids is 1. The van der Waals surface area contributed by atoms with Crippen LogP contribution in [0.3, 0.4) is 0 Å². The molecule has 0 aliphatic carbocycles.